The van der Waals surface area contributed by atoms with Gasteiger partial charge in [0.2, 0.25) is 0 Å². The van der Waals surface area contributed by atoms with E-state index in [1.54, 1.807) is 0 Å². The molecule has 0 bridgehead atoms. The molecule has 3 nitrogen and oxygen atoms in total. The molecule has 0 aliphatic heterocycles. The predicted molar refractivity (Wildman–Crippen MR) is 71.0 cm³/mol. The Bertz CT molecular complexity index is 339. The molecule has 0 fully saturated rings. The smallest absolute Gasteiger partial charge is 0.0474 e. The van der Waals surface area contributed by atoms with Gasteiger partial charge in [-0.05, 0) is 37.1 Å². The lowest BCUT2D eigenvalue weighted by Gasteiger charge is -2.17. The van der Waals surface area contributed by atoms with Crippen LogP contribution in [0.4, 0.5) is 5.69 Å². The monoisotopic (exact) mass is 241 g/mol. The van der Waals surface area contributed by atoms with E-state index in [0.717, 1.165) is 29.1 Å². The molecule has 4 heteroatoms. The third-order valence-corrected chi connectivity index (χ3v) is 2.95. The van der Waals surface area contributed by atoms with E-state index in [0.29, 0.717) is 6.54 Å². The second kappa shape index (κ2) is 6.09. The summed E-state index contributed by atoms with van der Waals surface area (Å²) in [7, 11) is 3.97. The third kappa shape index (κ3) is 3.37. The second-order valence-corrected chi connectivity index (χ2v) is 4.54. The number of nitrogens with two attached hydrogens (primary N) is 2. The number of nitrogens with zero attached hydrogens (tertiary/aromatic N) is 1. The van der Waals surface area contributed by atoms with Crippen molar-refractivity contribution in [2.24, 2.45) is 11.5 Å². The maximum absolute atomic E-state index is 6.21. The average molecular weight is 242 g/mol. The van der Waals surface area contributed by atoms with E-state index >= 15 is 0 Å². The molecule has 1 aromatic carbocycles. The highest BCUT2D eigenvalue weighted by molar-refractivity contribution is 6.31. The summed E-state index contributed by atoms with van der Waals surface area (Å²) in [4.78, 5) is 2.01. The van der Waals surface area contributed by atoms with E-state index in [4.69, 9.17) is 23.1 Å². The van der Waals surface area contributed by atoms with Crippen LogP contribution in [0.3, 0.4) is 0 Å². The van der Waals surface area contributed by atoms with E-state index in [-0.39, 0.29) is 6.04 Å². The van der Waals surface area contributed by atoms with Gasteiger partial charge in [0.1, 0.15) is 0 Å². The van der Waals surface area contributed by atoms with Gasteiger partial charge in [-0.25, -0.2) is 0 Å². The van der Waals surface area contributed by atoms with Crippen molar-refractivity contribution in [3.05, 3.63) is 28.8 Å². The van der Waals surface area contributed by atoms with E-state index in [1.165, 1.54) is 0 Å². The van der Waals surface area contributed by atoms with Crippen LogP contribution >= 0.6 is 11.6 Å². The van der Waals surface area contributed by atoms with Crippen molar-refractivity contribution in [3.63, 3.8) is 0 Å². The first-order valence-electron chi connectivity index (χ1n) is 5.48. The van der Waals surface area contributed by atoms with Crippen LogP contribution in [0.5, 0.6) is 0 Å². The summed E-state index contributed by atoms with van der Waals surface area (Å²) in [5, 5.41) is 0.732. The van der Waals surface area contributed by atoms with Crippen molar-refractivity contribution in [1.29, 1.82) is 0 Å². The van der Waals surface area contributed by atoms with Gasteiger partial charge in [0.25, 0.3) is 0 Å². The van der Waals surface area contributed by atoms with Gasteiger partial charge in [0.05, 0.1) is 0 Å². The molecular formula is C12H20ClN3. The Balaban J connectivity index is 2.81. The van der Waals surface area contributed by atoms with Crippen LogP contribution in [0, 0.1) is 0 Å². The number of benzene rings is 1. The van der Waals surface area contributed by atoms with Crippen molar-refractivity contribution >= 4 is 17.3 Å². The summed E-state index contributed by atoms with van der Waals surface area (Å²) in [5.74, 6) is 0. The van der Waals surface area contributed by atoms with Crippen LogP contribution in [-0.2, 0) is 0 Å². The van der Waals surface area contributed by atoms with Crippen LogP contribution in [0.15, 0.2) is 18.2 Å². The molecule has 1 aromatic rings. The van der Waals surface area contributed by atoms with Crippen LogP contribution < -0.4 is 16.4 Å². The van der Waals surface area contributed by atoms with Crippen LogP contribution in [0.25, 0.3) is 0 Å². The molecule has 16 heavy (non-hydrogen) atoms. The van der Waals surface area contributed by atoms with Gasteiger partial charge in [-0.2, -0.15) is 0 Å². The summed E-state index contributed by atoms with van der Waals surface area (Å²) in [5.41, 5.74) is 13.6. The fourth-order valence-corrected chi connectivity index (χ4v) is 1.90. The first-order valence-corrected chi connectivity index (χ1v) is 5.86. The molecular weight excluding hydrogens is 222 g/mol. The lowest BCUT2D eigenvalue weighted by atomic mass is 10.0. The standard InChI is InChI=1S/C12H20ClN3/c1-16(2)9-5-6-10(11(13)8-9)12(15)4-3-7-14/h5-6,8,12H,3-4,7,14-15H2,1-2H3/t12-/m0/s1. The molecule has 0 aliphatic rings. The van der Waals surface area contributed by atoms with Gasteiger partial charge in [-0.1, -0.05) is 17.7 Å². The lowest BCUT2D eigenvalue weighted by molar-refractivity contribution is 0.618. The molecule has 0 aliphatic carbocycles. The normalized spacial score (nSPS) is 12.6. The van der Waals surface area contributed by atoms with Gasteiger partial charge in [-0.15, -0.1) is 0 Å². The lowest BCUT2D eigenvalue weighted by Crippen LogP contribution is -2.14. The fraction of sp³-hybridized carbons (Fsp3) is 0.500. The third-order valence-electron chi connectivity index (χ3n) is 2.62. The van der Waals surface area contributed by atoms with Gasteiger partial charge < -0.3 is 16.4 Å². The number of anilines is 1. The highest BCUT2D eigenvalue weighted by atomic mass is 35.5. The van der Waals surface area contributed by atoms with Gasteiger partial charge >= 0.3 is 0 Å². The summed E-state index contributed by atoms with van der Waals surface area (Å²) in [6.07, 6.45) is 1.80. The summed E-state index contributed by atoms with van der Waals surface area (Å²) < 4.78 is 0. The molecule has 0 radical (unpaired) electrons. The Labute approximate surface area is 102 Å². The van der Waals surface area contributed by atoms with Crippen molar-refractivity contribution in [1.82, 2.24) is 0 Å². The van der Waals surface area contributed by atoms with Crippen LogP contribution in [-0.4, -0.2) is 20.6 Å². The van der Waals surface area contributed by atoms with Gasteiger partial charge in [0.15, 0.2) is 0 Å². The van der Waals surface area contributed by atoms with Gasteiger partial charge in [0, 0.05) is 30.8 Å². The molecule has 0 saturated carbocycles. The number of hydrogen-bond donors (Lipinski definition) is 2. The van der Waals surface area contributed by atoms with E-state index in [2.05, 4.69) is 0 Å². The number of rotatable bonds is 5. The second-order valence-electron chi connectivity index (χ2n) is 4.14. The first kappa shape index (κ1) is 13.3. The SMILES string of the molecule is CN(C)c1ccc([C@@H](N)CCCN)c(Cl)c1. The first-order chi connectivity index (χ1) is 7.56. The minimum Gasteiger partial charge on any atom is -0.378 e. The summed E-state index contributed by atoms with van der Waals surface area (Å²) >= 11 is 6.21. The molecule has 0 spiro atoms. The fourth-order valence-electron chi connectivity index (χ4n) is 1.59. The minimum absolute atomic E-state index is 0.0211. The zero-order valence-electron chi connectivity index (χ0n) is 9.91. The molecule has 0 heterocycles. The Kier molecular flexibility index (Phi) is 5.06. The highest BCUT2D eigenvalue weighted by Crippen LogP contribution is 2.28. The molecule has 1 atom stereocenters. The largest absolute Gasteiger partial charge is 0.378 e. The van der Waals surface area contributed by atoms with Crippen molar-refractivity contribution in [2.45, 2.75) is 18.9 Å². The van der Waals surface area contributed by atoms with Crippen molar-refractivity contribution < 1.29 is 0 Å². The van der Waals surface area contributed by atoms with Gasteiger partial charge in [-0.3, -0.25) is 0 Å². The molecule has 0 aromatic heterocycles. The molecule has 90 valence electrons. The Morgan fingerprint density at radius 1 is 1.38 bits per heavy atom. The van der Waals surface area contributed by atoms with E-state index in [1.807, 2.05) is 37.2 Å². The van der Waals surface area contributed by atoms with E-state index < -0.39 is 0 Å². The quantitative estimate of drug-likeness (QED) is 0.831. The number of hydrogen-bond acceptors (Lipinski definition) is 3. The van der Waals surface area contributed by atoms with E-state index in [9.17, 15) is 0 Å². The zero-order chi connectivity index (χ0) is 12.1. The maximum atomic E-state index is 6.21. The zero-order valence-corrected chi connectivity index (χ0v) is 10.7. The molecule has 0 unspecified atom stereocenters. The Morgan fingerprint density at radius 2 is 2.06 bits per heavy atom. The molecule has 4 N–H and O–H groups in total. The maximum Gasteiger partial charge on any atom is 0.0474 e. The Hall–Kier alpha value is -0.770. The van der Waals surface area contributed by atoms with Crippen molar-refractivity contribution in [3.8, 4) is 0 Å². The average Bonchev–Trinajstić information content (AvgIpc) is 2.25. The molecule has 0 saturated heterocycles. The number of halogens is 1. The Morgan fingerprint density at radius 3 is 2.56 bits per heavy atom. The highest BCUT2D eigenvalue weighted by Gasteiger charge is 2.10. The van der Waals surface area contributed by atoms with Crippen molar-refractivity contribution in [2.75, 3.05) is 25.5 Å². The molecule has 0 amide bonds. The van der Waals surface area contributed by atoms with Crippen LogP contribution in [0.2, 0.25) is 5.02 Å². The molecule has 1 rings (SSSR count). The minimum atomic E-state index is -0.0211. The topological polar surface area (TPSA) is 55.3 Å². The predicted octanol–water partition coefficient (Wildman–Crippen LogP) is 2.14. The summed E-state index contributed by atoms with van der Waals surface area (Å²) in [6.45, 7) is 0.668. The summed E-state index contributed by atoms with van der Waals surface area (Å²) in [6, 6.07) is 5.95. The van der Waals surface area contributed by atoms with Crippen LogP contribution in [0.1, 0.15) is 24.4 Å².